The first-order valence-electron chi connectivity index (χ1n) is 12.6. The van der Waals surface area contributed by atoms with Crippen molar-refractivity contribution in [3.05, 3.63) is 119 Å². The molecule has 3 aromatic carbocycles. The molecule has 3 N–H and O–H groups in total. The second-order valence-corrected chi connectivity index (χ2v) is 10.3. The number of halogens is 3. The van der Waals surface area contributed by atoms with Gasteiger partial charge in [0.25, 0.3) is 11.8 Å². The van der Waals surface area contributed by atoms with E-state index < -0.39 is 23.7 Å². The van der Waals surface area contributed by atoms with Crippen LogP contribution in [-0.2, 0) is 6.18 Å². The summed E-state index contributed by atoms with van der Waals surface area (Å²) in [6, 6.07) is 27.5. The number of hydrogen-bond acceptors (Lipinski definition) is 5. The molecule has 3 heterocycles. The third kappa shape index (κ3) is 5.01. The first-order chi connectivity index (χ1) is 20.2. The highest BCUT2D eigenvalue weighted by Crippen LogP contribution is 2.44. The van der Waals surface area contributed by atoms with Gasteiger partial charge in [0.15, 0.2) is 0 Å². The number of amides is 2. The number of nitrogens with one attached hydrogen (secondary N) is 1. The monoisotopic (exact) mass is 583 g/mol. The Labute approximate surface area is 241 Å². The van der Waals surface area contributed by atoms with Crippen LogP contribution in [0.4, 0.5) is 18.9 Å². The lowest BCUT2D eigenvalue weighted by atomic mass is 10.0. The molecule has 6 aromatic rings. The van der Waals surface area contributed by atoms with Crippen LogP contribution >= 0.6 is 11.3 Å². The maximum absolute atomic E-state index is 13.9. The summed E-state index contributed by atoms with van der Waals surface area (Å²) in [5, 5.41) is 7.60. The molecule has 0 spiro atoms. The van der Waals surface area contributed by atoms with E-state index in [1.165, 1.54) is 0 Å². The van der Waals surface area contributed by atoms with Gasteiger partial charge in [-0.1, -0.05) is 78.9 Å². The number of aromatic nitrogens is 3. The molecule has 42 heavy (non-hydrogen) atoms. The lowest BCUT2D eigenvalue weighted by Gasteiger charge is -2.12. The molecule has 0 atom stereocenters. The number of hydrogen-bond donors (Lipinski definition) is 2. The average Bonchev–Trinajstić information content (AvgIpc) is 3.61. The van der Waals surface area contributed by atoms with Crippen molar-refractivity contribution in [3.63, 3.8) is 0 Å². The molecule has 0 aliphatic rings. The van der Waals surface area contributed by atoms with Crippen LogP contribution in [0.2, 0.25) is 0 Å². The highest BCUT2D eigenvalue weighted by Gasteiger charge is 2.35. The lowest BCUT2D eigenvalue weighted by Crippen LogP contribution is -2.17. The van der Waals surface area contributed by atoms with E-state index in [4.69, 9.17) is 5.73 Å². The number of thiophene rings is 1. The number of nitrogens with zero attached hydrogens (tertiary/aromatic N) is 3. The van der Waals surface area contributed by atoms with Crippen molar-refractivity contribution in [1.82, 2.24) is 14.8 Å². The van der Waals surface area contributed by atoms with Gasteiger partial charge in [-0.25, -0.2) is 9.67 Å². The lowest BCUT2D eigenvalue weighted by molar-refractivity contribution is -0.140. The molecule has 208 valence electrons. The minimum absolute atomic E-state index is 0.0148. The largest absolute Gasteiger partial charge is 0.433 e. The number of pyridine rings is 1. The molecule has 3 aromatic heterocycles. The topological polar surface area (TPSA) is 103 Å². The van der Waals surface area contributed by atoms with Crippen molar-refractivity contribution in [2.24, 2.45) is 5.73 Å². The van der Waals surface area contributed by atoms with Crippen molar-refractivity contribution >= 4 is 39.1 Å². The van der Waals surface area contributed by atoms with Gasteiger partial charge in [-0.05, 0) is 29.3 Å². The summed E-state index contributed by atoms with van der Waals surface area (Å²) in [6.45, 7) is 0. The quantitative estimate of drug-likeness (QED) is 0.217. The van der Waals surface area contributed by atoms with Gasteiger partial charge < -0.3 is 11.1 Å². The molecule has 0 radical (unpaired) electrons. The summed E-state index contributed by atoms with van der Waals surface area (Å²) >= 11 is 0.690. The first-order valence-corrected chi connectivity index (χ1v) is 13.4. The Morgan fingerprint density at radius 1 is 0.857 bits per heavy atom. The van der Waals surface area contributed by atoms with Crippen LogP contribution < -0.4 is 11.1 Å². The van der Waals surface area contributed by atoms with Crippen LogP contribution in [0.5, 0.6) is 0 Å². The summed E-state index contributed by atoms with van der Waals surface area (Å²) < 4.78 is 43.0. The van der Waals surface area contributed by atoms with Crippen LogP contribution in [0.15, 0.2) is 103 Å². The molecule has 11 heteroatoms. The third-order valence-corrected chi connectivity index (χ3v) is 7.62. The number of anilines is 1. The smallest absolute Gasteiger partial charge is 0.365 e. The number of rotatable bonds is 6. The number of fused-ring (bicyclic) bond motifs is 1. The van der Waals surface area contributed by atoms with Gasteiger partial charge in [0.05, 0.1) is 16.9 Å². The van der Waals surface area contributed by atoms with Gasteiger partial charge in [-0.15, -0.1) is 11.3 Å². The number of alkyl halides is 3. The summed E-state index contributed by atoms with van der Waals surface area (Å²) in [7, 11) is 0. The molecule has 0 saturated carbocycles. The second-order valence-electron chi connectivity index (χ2n) is 9.26. The maximum atomic E-state index is 13.9. The van der Waals surface area contributed by atoms with E-state index >= 15 is 0 Å². The Hall–Kier alpha value is -5.29. The normalized spacial score (nSPS) is 11.5. The number of nitrogens with two attached hydrogens (primary N) is 1. The summed E-state index contributed by atoms with van der Waals surface area (Å²) in [6.07, 6.45) is -3.18. The van der Waals surface area contributed by atoms with Crippen molar-refractivity contribution in [2.45, 2.75) is 6.18 Å². The fraction of sp³-hybridized carbons (Fsp3) is 0.0323. The average molecular weight is 584 g/mol. The van der Waals surface area contributed by atoms with Gasteiger partial charge in [0.1, 0.15) is 21.1 Å². The molecule has 0 aliphatic carbocycles. The molecule has 0 bridgehead atoms. The number of primary amides is 1. The second kappa shape index (κ2) is 10.6. The highest BCUT2D eigenvalue weighted by atomic mass is 32.1. The van der Waals surface area contributed by atoms with Crippen LogP contribution in [0, 0.1) is 0 Å². The summed E-state index contributed by atoms with van der Waals surface area (Å²) in [5.74, 6) is -1.54. The summed E-state index contributed by atoms with van der Waals surface area (Å²) in [5.41, 5.74) is 7.05. The van der Waals surface area contributed by atoms with E-state index in [2.05, 4.69) is 15.4 Å². The fourth-order valence-electron chi connectivity index (χ4n) is 4.62. The predicted octanol–water partition coefficient (Wildman–Crippen LogP) is 7.19. The Balaban J connectivity index is 1.54. The van der Waals surface area contributed by atoms with E-state index in [-0.39, 0.29) is 31.9 Å². The Kier molecular flexibility index (Phi) is 6.79. The van der Waals surface area contributed by atoms with Crippen LogP contribution in [0.25, 0.3) is 38.3 Å². The van der Waals surface area contributed by atoms with Crippen molar-refractivity contribution in [1.29, 1.82) is 0 Å². The molecule has 0 unspecified atom stereocenters. The standard InChI is InChI=1S/C31H20F3N5O2S/c32-31(33,34)23-16-21(18-10-4-1-5-11-18)24-26(27(28(35)40)42-30(24)36-23)37-29(41)22-17-39(20-14-8-3-9-15-20)38-25(22)19-12-6-2-7-13-19/h1-17H,(H2,35,40)(H,37,41). The summed E-state index contributed by atoms with van der Waals surface area (Å²) in [4.78, 5) is 30.1. The molecule has 2 amide bonds. The van der Waals surface area contributed by atoms with Gasteiger partial charge >= 0.3 is 6.18 Å². The molecule has 0 fully saturated rings. The van der Waals surface area contributed by atoms with Crippen LogP contribution in [0.1, 0.15) is 25.7 Å². The van der Waals surface area contributed by atoms with Crippen molar-refractivity contribution in [2.75, 3.05) is 5.32 Å². The van der Waals surface area contributed by atoms with Crippen molar-refractivity contribution < 1.29 is 22.8 Å². The zero-order chi connectivity index (χ0) is 29.4. The Morgan fingerprint density at radius 2 is 1.45 bits per heavy atom. The van der Waals surface area contributed by atoms with Crippen LogP contribution in [-0.4, -0.2) is 26.6 Å². The molecule has 0 saturated heterocycles. The third-order valence-electron chi connectivity index (χ3n) is 6.53. The van der Waals surface area contributed by atoms with Gasteiger partial charge in [0.2, 0.25) is 0 Å². The van der Waals surface area contributed by atoms with Gasteiger partial charge in [-0.2, -0.15) is 18.3 Å². The number of carbonyl (C=O) groups excluding carboxylic acids is 2. The van der Waals surface area contributed by atoms with Gasteiger partial charge in [0, 0.05) is 17.1 Å². The predicted molar refractivity (Wildman–Crippen MR) is 156 cm³/mol. The molecular weight excluding hydrogens is 563 g/mol. The van der Waals surface area contributed by atoms with E-state index in [0.29, 0.717) is 33.8 Å². The minimum atomic E-state index is -4.74. The van der Waals surface area contributed by atoms with Crippen LogP contribution in [0.3, 0.4) is 0 Å². The molecule has 7 nitrogen and oxygen atoms in total. The Bertz CT molecular complexity index is 1940. The number of carbonyl (C=O) groups is 2. The highest BCUT2D eigenvalue weighted by molar-refractivity contribution is 7.21. The zero-order valence-electron chi connectivity index (χ0n) is 21.6. The van der Waals surface area contributed by atoms with E-state index in [1.54, 1.807) is 53.3 Å². The minimum Gasteiger partial charge on any atom is -0.365 e. The Morgan fingerprint density at radius 3 is 2.05 bits per heavy atom. The van der Waals surface area contributed by atoms with Gasteiger partial charge in [-0.3, -0.25) is 9.59 Å². The fourth-order valence-corrected chi connectivity index (χ4v) is 5.63. The van der Waals surface area contributed by atoms with E-state index in [0.717, 1.165) is 6.07 Å². The van der Waals surface area contributed by atoms with E-state index in [1.807, 2.05) is 48.5 Å². The zero-order valence-corrected chi connectivity index (χ0v) is 22.4. The van der Waals surface area contributed by atoms with E-state index in [9.17, 15) is 22.8 Å². The first kappa shape index (κ1) is 26.9. The molecule has 0 aliphatic heterocycles. The number of para-hydroxylation sites is 1. The molecular formula is C31H20F3N5O2S. The molecule has 6 rings (SSSR count). The maximum Gasteiger partial charge on any atom is 0.433 e. The van der Waals surface area contributed by atoms with Crippen molar-refractivity contribution in [3.8, 4) is 28.1 Å². The number of benzene rings is 3. The SMILES string of the molecule is NC(=O)c1sc2nc(C(F)(F)F)cc(-c3ccccc3)c2c1NC(=O)c1cn(-c2ccccc2)nc1-c1ccccc1.